The van der Waals surface area contributed by atoms with Gasteiger partial charge in [-0.15, -0.1) is 0 Å². The van der Waals surface area contributed by atoms with E-state index in [0.717, 1.165) is 73.4 Å². The number of carbonyl (C=O) groups excluding carboxylic acids is 2. The number of H-pyrrole nitrogens is 1. The number of likely N-dealkylation sites (tertiary alicyclic amines) is 1. The number of nitrogens with zero attached hydrogens (tertiary/aromatic N) is 2. The van der Waals surface area contributed by atoms with Crippen molar-refractivity contribution in [3.63, 3.8) is 0 Å². The topological polar surface area (TPSA) is 115 Å². The van der Waals surface area contributed by atoms with E-state index in [4.69, 9.17) is 23.8 Å². The molecule has 1 spiro atoms. The van der Waals surface area contributed by atoms with Crippen LogP contribution in [-0.2, 0) is 35.4 Å². The summed E-state index contributed by atoms with van der Waals surface area (Å²) in [5.41, 5.74) is 8.32. The molecule has 2 N–H and O–H groups in total. The Morgan fingerprint density at radius 2 is 1.73 bits per heavy atom. The third-order valence-electron chi connectivity index (χ3n) is 11.4. The van der Waals surface area contributed by atoms with Gasteiger partial charge in [0, 0.05) is 18.6 Å². The van der Waals surface area contributed by atoms with Gasteiger partial charge in [0.1, 0.15) is 11.5 Å². The maximum Gasteiger partial charge on any atom is 0.495 e. The summed E-state index contributed by atoms with van der Waals surface area (Å²) in [6.45, 7) is 14.1. The number of aromatic nitrogens is 2. The molecular weight excluding hydrogens is 619 g/mol. The number of hydrogen-bond acceptors (Lipinski definition) is 7. The van der Waals surface area contributed by atoms with E-state index in [1.165, 1.54) is 23.8 Å². The first-order chi connectivity index (χ1) is 23.3. The first-order valence-corrected chi connectivity index (χ1v) is 17.4. The summed E-state index contributed by atoms with van der Waals surface area (Å²) in [7, 11) is 0.885. The molecule has 258 valence electrons. The van der Waals surface area contributed by atoms with Crippen molar-refractivity contribution in [3.8, 4) is 22.4 Å². The molecule has 1 aliphatic carbocycles. The highest BCUT2D eigenvalue weighted by molar-refractivity contribution is 6.62. The Bertz CT molecular complexity index is 1790. The number of methoxy groups -OCH3 is 1. The van der Waals surface area contributed by atoms with E-state index in [0.29, 0.717) is 12.1 Å². The Hall–Kier alpha value is -3.93. The molecule has 10 nitrogen and oxygen atoms in total. The highest BCUT2D eigenvalue weighted by atomic mass is 16.7. The summed E-state index contributed by atoms with van der Waals surface area (Å²) in [4.78, 5) is 35.5. The van der Waals surface area contributed by atoms with Gasteiger partial charge in [-0.2, -0.15) is 0 Å². The maximum atomic E-state index is 13.5. The average Bonchev–Trinajstić information content (AvgIpc) is 3.91. The van der Waals surface area contributed by atoms with Crippen LogP contribution in [0.4, 0.5) is 4.79 Å². The van der Waals surface area contributed by atoms with Gasteiger partial charge in [0.25, 0.3) is 5.91 Å². The molecule has 11 heteroatoms. The number of hydrogen-bond donors (Lipinski definition) is 2. The Kier molecular flexibility index (Phi) is 8.52. The lowest BCUT2D eigenvalue weighted by molar-refractivity contribution is -0.128. The van der Waals surface area contributed by atoms with Gasteiger partial charge in [0.2, 0.25) is 0 Å². The molecule has 0 bridgehead atoms. The molecule has 3 aliphatic heterocycles. The van der Waals surface area contributed by atoms with Crippen molar-refractivity contribution in [1.82, 2.24) is 20.2 Å². The Labute approximate surface area is 289 Å². The van der Waals surface area contributed by atoms with Gasteiger partial charge < -0.3 is 28.7 Å². The zero-order chi connectivity index (χ0) is 34.7. The molecule has 7 rings (SSSR count). The van der Waals surface area contributed by atoms with Crippen LogP contribution in [0.15, 0.2) is 53.9 Å². The number of benzene rings is 2. The average molecular weight is 667 g/mol. The van der Waals surface area contributed by atoms with Crippen LogP contribution in [0.2, 0.25) is 0 Å². The largest absolute Gasteiger partial charge is 0.495 e. The minimum atomic E-state index is -0.665. The molecule has 2 amide bonds. The lowest BCUT2D eigenvalue weighted by Gasteiger charge is -2.32. The highest BCUT2D eigenvalue weighted by Crippen LogP contribution is 2.49. The number of rotatable bonds is 6. The van der Waals surface area contributed by atoms with Gasteiger partial charge in [-0.05, 0) is 112 Å². The summed E-state index contributed by atoms with van der Waals surface area (Å²) in [5, 5.41) is 2.60. The smallest absolute Gasteiger partial charge is 0.453 e. The summed E-state index contributed by atoms with van der Waals surface area (Å²) < 4.78 is 23.8. The van der Waals surface area contributed by atoms with E-state index >= 15 is 0 Å². The standard InChI is InChI=1S/C38H47BN4O6/c1-23(2)32(42-35(45)46-7)34(44)43-19-8-9-30(43)33-40-21-29(41-33)25-12-10-24(11-13-25)26-14-15-28(39-48-36(3,4)37(5,6)49-39)27-16-17-38(31(26)27)18-20-47-22-38/h10-15,21,30H,8-9,16-20,22H2,1-7H3,(H,40,41)(H,42,45)/t30-,38?/m0/s1. The number of ether oxygens (including phenoxy) is 2. The van der Waals surface area contributed by atoms with E-state index < -0.39 is 24.4 Å². The summed E-state index contributed by atoms with van der Waals surface area (Å²) in [5.74, 6) is 0.494. The molecule has 2 atom stereocenters. The van der Waals surface area contributed by atoms with E-state index in [1.807, 2.05) is 6.20 Å². The minimum absolute atomic E-state index is 0.00357. The third kappa shape index (κ3) is 5.79. The van der Waals surface area contributed by atoms with Crippen LogP contribution in [0.25, 0.3) is 22.4 Å². The number of alkyl carbamates (subject to hydrolysis) is 1. The van der Waals surface area contributed by atoms with Gasteiger partial charge in [-0.25, -0.2) is 9.78 Å². The summed E-state index contributed by atoms with van der Waals surface area (Å²) in [6.07, 6.45) is 5.86. The molecule has 3 aromatic rings. The van der Waals surface area contributed by atoms with Gasteiger partial charge in [-0.3, -0.25) is 10.1 Å². The van der Waals surface area contributed by atoms with Gasteiger partial charge >= 0.3 is 13.2 Å². The number of nitrogens with one attached hydrogen (secondary N) is 2. The zero-order valence-electron chi connectivity index (χ0n) is 29.7. The second-order valence-corrected chi connectivity index (χ2v) is 15.1. The first-order valence-electron chi connectivity index (χ1n) is 17.4. The fourth-order valence-electron chi connectivity index (χ4n) is 7.93. The third-order valence-corrected chi connectivity index (χ3v) is 11.4. The van der Waals surface area contributed by atoms with Crippen LogP contribution >= 0.6 is 0 Å². The number of imidazole rings is 1. The van der Waals surface area contributed by atoms with Crippen LogP contribution in [0.1, 0.15) is 90.2 Å². The van der Waals surface area contributed by atoms with Crippen molar-refractivity contribution in [3.05, 3.63) is 70.8 Å². The first kappa shape index (κ1) is 33.6. The van der Waals surface area contributed by atoms with Gasteiger partial charge in [-0.1, -0.05) is 36.4 Å². The Morgan fingerprint density at radius 3 is 2.39 bits per heavy atom. The maximum absolute atomic E-state index is 13.5. The summed E-state index contributed by atoms with van der Waals surface area (Å²) in [6, 6.07) is 12.9. The second-order valence-electron chi connectivity index (χ2n) is 15.1. The van der Waals surface area contributed by atoms with Gasteiger partial charge in [0.05, 0.1) is 42.9 Å². The molecule has 1 unspecified atom stereocenters. The molecular formula is C38H47BN4O6. The SMILES string of the molecule is COC(=O)NC(C(=O)N1CCC[C@H]1c1ncc(-c2ccc(-c3ccc(B4OC(C)(C)C(C)(C)O4)c4c3C3(CCOC3)CC4)cc2)[nH]1)=C(C)C. The molecule has 3 saturated heterocycles. The molecule has 4 heterocycles. The molecule has 0 radical (unpaired) electrons. The van der Waals surface area contributed by atoms with Crippen molar-refractivity contribution in [1.29, 1.82) is 0 Å². The van der Waals surface area contributed by atoms with Crippen LogP contribution in [0.5, 0.6) is 0 Å². The molecule has 1 aromatic heterocycles. The highest BCUT2D eigenvalue weighted by Gasteiger charge is 2.54. The van der Waals surface area contributed by atoms with Crippen molar-refractivity contribution in [2.45, 2.75) is 96.3 Å². The predicted octanol–water partition coefficient (Wildman–Crippen LogP) is 5.96. The van der Waals surface area contributed by atoms with E-state index in [1.54, 1.807) is 18.7 Å². The predicted molar refractivity (Wildman–Crippen MR) is 188 cm³/mol. The van der Waals surface area contributed by atoms with Crippen molar-refractivity contribution in [2.75, 3.05) is 26.9 Å². The Balaban J connectivity index is 1.16. The van der Waals surface area contributed by atoms with Crippen LogP contribution in [-0.4, -0.2) is 72.1 Å². The van der Waals surface area contributed by atoms with Crippen molar-refractivity contribution in [2.24, 2.45) is 0 Å². The van der Waals surface area contributed by atoms with E-state index in [9.17, 15) is 9.59 Å². The normalized spacial score (nSPS) is 23.6. The quantitative estimate of drug-likeness (QED) is 0.247. The van der Waals surface area contributed by atoms with Crippen LogP contribution in [0.3, 0.4) is 0 Å². The Morgan fingerprint density at radius 1 is 1.02 bits per heavy atom. The number of aromatic amines is 1. The number of carbonyl (C=O) groups is 2. The number of fused-ring (bicyclic) bond motifs is 2. The van der Waals surface area contributed by atoms with Crippen LogP contribution < -0.4 is 10.8 Å². The van der Waals surface area contributed by atoms with Crippen molar-refractivity contribution >= 4 is 24.6 Å². The number of allylic oxidation sites excluding steroid dienone is 1. The van der Waals surface area contributed by atoms with E-state index in [-0.39, 0.29) is 23.1 Å². The van der Waals surface area contributed by atoms with E-state index in [2.05, 4.69) is 74.4 Å². The minimum Gasteiger partial charge on any atom is -0.453 e. The summed E-state index contributed by atoms with van der Waals surface area (Å²) >= 11 is 0. The molecule has 3 fully saturated rings. The molecule has 4 aliphatic rings. The lowest BCUT2D eigenvalue weighted by atomic mass is 9.71. The molecule has 0 saturated carbocycles. The molecule has 2 aromatic carbocycles. The second kappa shape index (κ2) is 12.4. The fourth-order valence-corrected chi connectivity index (χ4v) is 7.93. The molecule has 49 heavy (non-hydrogen) atoms. The lowest BCUT2D eigenvalue weighted by Crippen LogP contribution is -2.41. The van der Waals surface area contributed by atoms with Crippen molar-refractivity contribution < 1.29 is 28.4 Å². The van der Waals surface area contributed by atoms with Crippen LogP contribution in [0, 0.1) is 0 Å². The zero-order valence-corrected chi connectivity index (χ0v) is 29.7. The van der Waals surface area contributed by atoms with Gasteiger partial charge in [0.15, 0.2) is 0 Å². The number of amides is 2. The monoisotopic (exact) mass is 666 g/mol. The fraction of sp³-hybridized carbons (Fsp3) is 0.500.